The zero-order valence-electron chi connectivity index (χ0n) is 23.7. The molecule has 2 aliphatic heterocycles. The SMILES string of the molecule is C[C@H]1CN(C(=O)[C@@H]2C[C@H](S)CN2C(=O)OCc2ccc([N+](=O)[O-])cc2)CCN1C(=N)NC(=O)OCc1ccc([N+](=O)[O-])cc1. The second-order valence-electron chi connectivity index (χ2n) is 10.3. The molecule has 2 aromatic carbocycles. The lowest BCUT2D eigenvalue weighted by molar-refractivity contribution is -0.385. The van der Waals surface area contributed by atoms with Gasteiger partial charge in [-0.05, 0) is 48.7 Å². The van der Waals surface area contributed by atoms with Crippen molar-refractivity contribution in [2.45, 2.75) is 43.9 Å². The molecule has 17 heteroatoms. The standard InChI is InChI=1S/C27H31N7O9S/c1-17-13-30(10-11-31(17)25(28)29-26(36)42-15-18-2-6-20(7-3-18)33(38)39)24(35)23-12-22(44)14-32(23)27(37)43-16-19-4-8-21(9-5-19)34(40)41/h2-9,17,22-23,44H,10-16H2,1H3,(H2,28,29,36)/t17-,22-,23-/m0/s1. The molecule has 0 spiro atoms. The number of hydrogen-bond donors (Lipinski definition) is 3. The number of likely N-dealkylation sites (tertiary alicyclic amines) is 1. The molecule has 0 bridgehead atoms. The lowest BCUT2D eigenvalue weighted by Crippen LogP contribution is -2.60. The smallest absolute Gasteiger partial charge is 0.414 e. The van der Waals surface area contributed by atoms with E-state index in [1.165, 1.54) is 53.4 Å². The molecule has 3 amide bonds. The number of piperazine rings is 1. The number of amides is 3. The Kier molecular flexibility index (Phi) is 10.2. The number of carbonyl (C=O) groups excluding carboxylic acids is 3. The normalized spacial score (nSPS) is 19.7. The predicted molar refractivity (Wildman–Crippen MR) is 158 cm³/mol. The minimum Gasteiger partial charge on any atom is -0.445 e. The Morgan fingerprint density at radius 3 is 1.98 bits per heavy atom. The average Bonchev–Trinajstić information content (AvgIpc) is 3.40. The summed E-state index contributed by atoms with van der Waals surface area (Å²) in [6.45, 7) is 2.47. The summed E-state index contributed by atoms with van der Waals surface area (Å²) < 4.78 is 10.5. The van der Waals surface area contributed by atoms with Crippen molar-refractivity contribution in [1.29, 1.82) is 5.41 Å². The largest absolute Gasteiger partial charge is 0.445 e. The number of benzene rings is 2. The van der Waals surface area contributed by atoms with Gasteiger partial charge in [-0.1, -0.05) is 0 Å². The molecule has 2 saturated heterocycles. The summed E-state index contributed by atoms with van der Waals surface area (Å²) in [7, 11) is 0. The van der Waals surface area contributed by atoms with Gasteiger partial charge in [-0.15, -0.1) is 0 Å². The van der Waals surface area contributed by atoms with Crippen LogP contribution < -0.4 is 5.32 Å². The fourth-order valence-corrected chi connectivity index (χ4v) is 5.34. The molecule has 2 N–H and O–H groups in total. The third-order valence-corrected chi connectivity index (χ3v) is 7.65. The zero-order chi connectivity index (χ0) is 32.0. The summed E-state index contributed by atoms with van der Waals surface area (Å²) in [5.41, 5.74) is 0.933. The Balaban J connectivity index is 1.26. The summed E-state index contributed by atoms with van der Waals surface area (Å²) in [5, 5.41) is 32.1. The molecule has 0 saturated carbocycles. The predicted octanol–water partition coefficient (Wildman–Crippen LogP) is 2.91. The maximum atomic E-state index is 13.5. The van der Waals surface area contributed by atoms with Crippen LogP contribution in [0.25, 0.3) is 0 Å². The van der Waals surface area contributed by atoms with Gasteiger partial charge in [-0.2, -0.15) is 12.6 Å². The van der Waals surface area contributed by atoms with Gasteiger partial charge in [0.1, 0.15) is 19.3 Å². The Morgan fingerprint density at radius 2 is 1.45 bits per heavy atom. The lowest BCUT2D eigenvalue weighted by atomic mass is 10.1. The third kappa shape index (κ3) is 7.91. The van der Waals surface area contributed by atoms with Crippen LogP contribution >= 0.6 is 12.6 Å². The van der Waals surface area contributed by atoms with Crippen molar-refractivity contribution in [3.05, 3.63) is 79.9 Å². The van der Waals surface area contributed by atoms with E-state index in [1.54, 1.807) is 16.7 Å². The highest BCUT2D eigenvalue weighted by Gasteiger charge is 2.42. The monoisotopic (exact) mass is 629 g/mol. The highest BCUT2D eigenvalue weighted by atomic mass is 32.1. The molecule has 4 rings (SSSR count). The number of guanidine groups is 1. The van der Waals surface area contributed by atoms with E-state index in [1.807, 2.05) is 0 Å². The fourth-order valence-electron chi connectivity index (χ4n) is 4.96. The topological polar surface area (TPSA) is 202 Å². The Morgan fingerprint density at radius 1 is 0.909 bits per heavy atom. The van der Waals surface area contributed by atoms with Gasteiger partial charge in [0.2, 0.25) is 11.9 Å². The maximum absolute atomic E-state index is 13.5. The molecule has 0 aromatic heterocycles. The van der Waals surface area contributed by atoms with Crippen LogP contribution in [0.3, 0.4) is 0 Å². The lowest BCUT2D eigenvalue weighted by Gasteiger charge is -2.42. The van der Waals surface area contributed by atoms with Gasteiger partial charge in [-0.3, -0.25) is 40.6 Å². The summed E-state index contributed by atoms with van der Waals surface area (Å²) in [5.74, 6) is -0.478. The first-order valence-corrected chi connectivity index (χ1v) is 14.1. The van der Waals surface area contributed by atoms with Crippen LogP contribution in [0.4, 0.5) is 21.0 Å². The number of ether oxygens (including phenoxy) is 2. The van der Waals surface area contributed by atoms with Crippen molar-refractivity contribution in [3.63, 3.8) is 0 Å². The van der Waals surface area contributed by atoms with Crippen LogP contribution in [0, 0.1) is 25.6 Å². The number of nitrogens with zero attached hydrogens (tertiary/aromatic N) is 5. The first-order chi connectivity index (χ1) is 20.9. The minimum absolute atomic E-state index is 0.0805. The second kappa shape index (κ2) is 14.0. The quantitative estimate of drug-likeness (QED) is 0.134. The number of hydrogen-bond acceptors (Lipinski definition) is 11. The van der Waals surface area contributed by atoms with Gasteiger partial charge < -0.3 is 19.3 Å². The van der Waals surface area contributed by atoms with Gasteiger partial charge in [0.25, 0.3) is 11.4 Å². The van der Waals surface area contributed by atoms with Crippen molar-refractivity contribution >= 4 is 48.1 Å². The molecule has 2 aliphatic rings. The van der Waals surface area contributed by atoms with Crippen LogP contribution in [-0.4, -0.2) is 92.1 Å². The molecule has 2 heterocycles. The molecule has 3 atom stereocenters. The van der Waals surface area contributed by atoms with Crippen LogP contribution in [0.15, 0.2) is 48.5 Å². The van der Waals surface area contributed by atoms with E-state index in [9.17, 15) is 34.6 Å². The van der Waals surface area contributed by atoms with Gasteiger partial charge >= 0.3 is 12.2 Å². The van der Waals surface area contributed by atoms with E-state index in [2.05, 4.69) is 17.9 Å². The average molecular weight is 630 g/mol. The van der Waals surface area contributed by atoms with Gasteiger partial charge in [-0.25, -0.2) is 9.59 Å². The molecule has 234 valence electrons. The van der Waals surface area contributed by atoms with Gasteiger partial charge in [0.15, 0.2) is 0 Å². The number of nitro groups is 2. The van der Waals surface area contributed by atoms with E-state index in [-0.39, 0.29) is 73.9 Å². The highest BCUT2D eigenvalue weighted by molar-refractivity contribution is 7.81. The fraction of sp³-hybridized carbons (Fsp3) is 0.407. The molecule has 44 heavy (non-hydrogen) atoms. The first kappa shape index (κ1) is 32.0. The molecular formula is C27H31N7O9S. The van der Waals surface area contributed by atoms with Crippen LogP contribution in [-0.2, 0) is 27.5 Å². The number of carbonyl (C=O) groups is 3. The van der Waals surface area contributed by atoms with Crippen molar-refractivity contribution in [2.24, 2.45) is 0 Å². The van der Waals surface area contributed by atoms with E-state index >= 15 is 0 Å². The van der Waals surface area contributed by atoms with Crippen LogP contribution in [0.5, 0.6) is 0 Å². The second-order valence-corrected chi connectivity index (χ2v) is 11.1. The van der Waals surface area contributed by atoms with E-state index in [0.717, 1.165) is 0 Å². The zero-order valence-corrected chi connectivity index (χ0v) is 24.6. The summed E-state index contributed by atoms with van der Waals surface area (Å²) in [4.78, 5) is 63.8. The third-order valence-electron chi connectivity index (χ3n) is 7.27. The molecular weight excluding hydrogens is 598 g/mol. The summed E-state index contributed by atoms with van der Waals surface area (Å²) in [6, 6.07) is 10.0. The van der Waals surface area contributed by atoms with Crippen LogP contribution in [0.1, 0.15) is 24.5 Å². The van der Waals surface area contributed by atoms with Gasteiger partial charge in [0, 0.05) is 61.7 Å². The van der Waals surface area contributed by atoms with Crippen molar-refractivity contribution in [1.82, 2.24) is 20.0 Å². The number of non-ortho nitro benzene ring substituents is 2. The number of nitrogens with one attached hydrogen (secondary N) is 2. The number of nitro benzene ring substituents is 2. The minimum atomic E-state index is -0.868. The van der Waals surface area contributed by atoms with E-state index < -0.39 is 28.1 Å². The molecule has 0 radical (unpaired) electrons. The number of thiol groups is 1. The number of alkyl carbamates (subject to hydrolysis) is 1. The molecule has 2 aromatic rings. The molecule has 0 aliphatic carbocycles. The van der Waals surface area contributed by atoms with Crippen molar-refractivity contribution < 1.29 is 33.7 Å². The molecule has 0 unspecified atom stereocenters. The first-order valence-electron chi connectivity index (χ1n) is 13.6. The van der Waals surface area contributed by atoms with E-state index in [0.29, 0.717) is 17.5 Å². The Hall–Kier alpha value is -4.93. The Bertz CT molecular complexity index is 1420. The van der Waals surface area contributed by atoms with Crippen molar-refractivity contribution in [3.8, 4) is 0 Å². The molecule has 16 nitrogen and oxygen atoms in total. The van der Waals surface area contributed by atoms with Crippen LogP contribution in [0.2, 0.25) is 0 Å². The summed E-state index contributed by atoms with van der Waals surface area (Å²) >= 11 is 4.48. The Labute approximate surface area is 257 Å². The maximum Gasteiger partial charge on any atom is 0.414 e. The van der Waals surface area contributed by atoms with Gasteiger partial charge in [0.05, 0.1) is 9.85 Å². The highest BCUT2D eigenvalue weighted by Crippen LogP contribution is 2.26. The molecule has 2 fully saturated rings. The van der Waals surface area contributed by atoms with E-state index in [4.69, 9.17) is 14.9 Å². The van der Waals surface area contributed by atoms with Crippen molar-refractivity contribution in [2.75, 3.05) is 26.2 Å². The summed E-state index contributed by atoms with van der Waals surface area (Å²) in [6.07, 6.45) is -1.22. The number of rotatable bonds is 7.